The topological polar surface area (TPSA) is 32.3 Å². The number of fused-ring (bicyclic) bond motifs is 1. The van der Waals surface area contributed by atoms with E-state index in [0.29, 0.717) is 11.9 Å². The van der Waals surface area contributed by atoms with Gasteiger partial charge < -0.3 is 10.2 Å². The lowest BCUT2D eigenvalue weighted by Gasteiger charge is -2.38. The normalized spacial score (nSPS) is 36.1. The monoisotopic (exact) mass is 318 g/mol. The molecular weight excluding hydrogens is 292 g/mol. The Morgan fingerprint density at radius 3 is 2.75 bits per heavy atom. The summed E-state index contributed by atoms with van der Waals surface area (Å²) in [4.78, 5) is 14.8. The minimum Gasteiger partial charge on any atom is -0.339 e. The van der Waals surface area contributed by atoms with Gasteiger partial charge in [0.2, 0.25) is 5.91 Å². The molecule has 2 saturated heterocycles. The summed E-state index contributed by atoms with van der Waals surface area (Å²) in [5, 5.41) is 3.62. The lowest BCUT2D eigenvalue weighted by Crippen LogP contribution is -2.52. The van der Waals surface area contributed by atoms with Crippen LogP contribution < -0.4 is 5.32 Å². The molecule has 0 aromatic rings. The van der Waals surface area contributed by atoms with Crippen LogP contribution in [0.5, 0.6) is 0 Å². The van der Waals surface area contributed by atoms with E-state index in [1.165, 1.54) is 25.7 Å². The van der Waals surface area contributed by atoms with Gasteiger partial charge in [0.05, 0.1) is 6.04 Å². The smallest absolute Gasteiger partial charge is 0.239 e. The Labute approximate surface area is 133 Å². The van der Waals surface area contributed by atoms with E-state index in [0.717, 1.165) is 31.2 Å². The SMILES string of the molecule is CC1(C)CN(C(=O)C2CC3CCCCC3N2)CCS1.Cl. The molecule has 0 aromatic heterocycles. The number of amides is 1. The summed E-state index contributed by atoms with van der Waals surface area (Å²) >= 11 is 1.99. The highest BCUT2D eigenvalue weighted by molar-refractivity contribution is 8.00. The van der Waals surface area contributed by atoms with Crippen molar-refractivity contribution in [1.82, 2.24) is 10.2 Å². The molecule has 3 nitrogen and oxygen atoms in total. The number of hydrogen-bond acceptors (Lipinski definition) is 3. The standard InChI is InChI=1S/C15H26N2OS.ClH/c1-15(2)10-17(7-8-19-15)14(18)13-9-11-5-3-4-6-12(11)16-13;/h11-13,16H,3-10H2,1-2H3;1H. The average molecular weight is 319 g/mol. The first kappa shape index (κ1) is 16.4. The maximum atomic E-state index is 12.7. The molecule has 3 aliphatic rings. The maximum absolute atomic E-state index is 12.7. The van der Waals surface area contributed by atoms with Crippen LogP contribution in [0.25, 0.3) is 0 Å². The molecule has 116 valence electrons. The number of halogens is 1. The molecule has 3 fully saturated rings. The van der Waals surface area contributed by atoms with E-state index in [4.69, 9.17) is 0 Å². The molecule has 2 aliphatic heterocycles. The van der Waals surface area contributed by atoms with Crippen molar-refractivity contribution in [2.24, 2.45) is 5.92 Å². The van der Waals surface area contributed by atoms with Gasteiger partial charge in [-0.2, -0.15) is 11.8 Å². The summed E-state index contributed by atoms with van der Waals surface area (Å²) in [6, 6.07) is 0.724. The molecule has 1 N–H and O–H groups in total. The molecule has 3 unspecified atom stereocenters. The van der Waals surface area contributed by atoms with Crippen LogP contribution in [0.15, 0.2) is 0 Å². The minimum atomic E-state index is 0. The first-order chi connectivity index (χ1) is 9.05. The van der Waals surface area contributed by atoms with Gasteiger partial charge in [-0.15, -0.1) is 12.4 Å². The third kappa shape index (κ3) is 3.45. The molecule has 5 heteroatoms. The summed E-state index contributed by atoms with van der Waals surface area (Å²) in [7, 11) is 0. The Morgan fingerprint density at radius 1 is 1.30 bits per heavy atom. The van der Waals surface area contributed by atoms with Crippen LogP contribution in [0.4, 0.5) is 0 Å². The Morgan fingerprint density at radius 2 is 2.05 bits per heavy atom. The minimum absolute atomic E-state index is 0. The predicted molar refractivity (Wildman–Crippen MR) is 87.7 cm³/mol. The molecule has 3 atom stereocenters. The van der Waals surface area contributed by atoms with Crippen molar-refractivity contribution in [2.75, 3.05) is 18.8 Å². The van der Waals surface area contributed by atoms with E-state index in [1.807, 2.05) is 11.8 Å². The quantitative estimate of drug-likeness (QED) is 0.807. The van der Waals surface area contributed by atoms with Gasteiger partial charge in [0.15, 0.2) is 0 Å². The van der Waals surface area contributed by atoms with Gasteiger partial charge >= 0.3 is 0 Å². The van der Waals surface area contributed by atoms with Crippen molar-refractivity contribution in [2.45, 2.75) is 62.8 Å². The Balaban J connectivity index is 0.00000147. The van der Waals surface area contributed by atoms with E-state index >= 15 is 0 Å². The van der Waals surface area contributed by atoms with Crippen LogP contribution in [0.1, 0.15) is 46.0 Å². The molecule has 1 aliphatic carbocycles. The van der Waals surface area contributed by atoms with Gasteiger partial charge in [-0.1, -0.05) is 12.8 Å². The summed E-state index contributed by atoms with van der Waals surface area (Å²) in [5.74, 6) is 2.20. The van der Waals surface area contributed by atoms with Crippen molar-refractivity contribution in [1.29, 1.82) is 0 Å². The lowest BCUT2D eigenvalue weighted by atomic mass is 9.85. The fourth-order valence-electron chi connectivity index (χ4n) is 3.94. The Hall–Kier alpha value is 0.0700. The Kier molecular flexibility index (Phi) is 5.30. The van der Waals surface area contributed by atoms with Crippen molar-refractivity contribution in [3.63, 3.8) is 0 Å². The molecule has 0 spiro atoms. The van der Waals surface area contributed by atoms with Crippen LogP contribution in [0.2, 0.25) is 0 Å². The highest BCUT2D eigenvalue weighted by atomic mass is 35.5. The van der Waals surface area contributed by atoms with Crippen molar-refractivity contribution in [3.8, 4) is 0 Å². The highest BCUT2D eigenvalue weighted by Gasteiger charge is 2.41. The van der Waals surface area contributed by atoms with Crippen molar-refractivity contribution >= 4 is 30.1 Å². The summed E-state index contributed by atoms with van der Waals surface area (Å²) in [6.45, 7) is 6.34. The molecule has 1 saturated carbocycles. The summed E-state index contributed by atoms with van der Waals surface area (Å²) in [6.07, 6.45) is 6.37. The largest absolute Gasteiger partial charge is 0.339 e. The molecule has 1 amide bonds. The Bertz CT molecular complexity index is 350. The highest BCUT2D eigenvalue weighted by Crippen LogP contribution is 2.35. The van der Waals surface area contributed by atoms with Gasteiger partial charge in [0.1, 0.15) is 0 Å². The van der Waals surface area contributed by atoms with Crippen LogP contribution in [0.3, 0.4) is 0 Å². The molecule has 0 bridgehead atoms. The predicted octanol–water partition coefficient (Wildman–Crippen LogP) is 2.68. The van der Waals surface area contributed by atoms with E-state index < -0.39 is 0 Å². The number of carbonyl (C=O) groups is 1. The van der Waals surface area contributed by atoms with Crippen LogP contribution >= 0.6 is 24.2 Å². The van der Waals surface area contributed by atoms with Gasteiger partial charge in [-0.25, -0.2) is 0 Å². The summed E-state index contributed by atoms with van der Waals surface area (Å²) < 4.78 is 0.222. The van der Waals surface area contributed by atoms with Gasteiger partial charge in [-0.3, -0.25) is 4.79 Å². The molecule has 0 aromatic carbocycles. The number of hydrogen-bond donors (Lipinski definition) is 1. The van der Waals surface area contributed by atoms with E-state index in [2.05, 4.69) is 24.1 Å². The number of nitrogens with one attached hydrogen (secondary N) is 1. The number of nitrogens with zero attached hydrogens (tertiary/aromatic N) is 1. The third-order valence-electron chi connectivity index (χ3n) is 4.90. The average Bonchev–Trinajstić information content (AvgIpc) is 2.80. The zero-order chi connectivity index (χ0) is 13.5. The van der Waals surface area contributed by atoms with Gasteiger partial charge in [-0.05, 0) is 39.0 Å². The lowest BCUT2D eigenvalue weighted by molar-refractivity contribution is -0.133. The van der Waals surface area contributed by atoms with Crippen molar-refractivity contribution in [3.05, 3.63) is 0 Å². The molecule has 0 radical (unpaired) electrons. The number of thioether (sulfide) groups is 1. The van der Waals surface area contributed by atoms with Gasteiger partial charge in [0.25, 0.3) is 0 Å². The zero-order valence-electron chi connectivity index (χ0n) is 12.6. The second-order valence-electron chi connectivity index (χ2n) is 6.97. The number of rotatable bonds is 1. The first-order valence-electron chi connectivity index (χ1n) is 7.74. The van der Waals surface area contributed by atoms with E-state index in [9.17, 15) is 4.79 Å². The maximum Gasteiger partial charge on any atom is 0.239 e. The fraction of sp³-hybridized carbons (Fsp3) is 0.933. The van der Waals surface area contributed by atoms with Crippen LogP contribution in [-0.2, 0) is 4.79 Å². The van der Waals surface area contributed by atoms with Gasteiger partial charge in [0, 0.05) is 29.6 Å². The molecule has 20 heavy (non-hydrogen) atoms. The van der Waals surface area contributed by atoms with E-state index in [-0.39, 0.29) is 23.2 Å². The molecule has 2 heterocycles. The molecule has 3 rings (SSSR count). The zero-order valence-corrected chi connectivity index (χ0v) is 14.2. The van der Waals surface area contributed by atoms with E-state index in [1.54, 1.807) is 0 Å². The second-order valence-corrected chi connectivity index (χ2v) is 8.78. The van der Waals surface area contributed by atoms with Crippen molar-refractivity contribution < 1.29 is 4.79 Å². The number of carbonyl (C=O) groups excluding carboxylic acids is 1. The third-order valence-corrected chi connectivity index (χ3v) is 6.20. The first-order valence-corrected chi connectivity index (χ1v) is 8.72. The fourth-order valence-corrected chi connectivity index (χ4v) is 5.05. The van der Waals surface area contributed by atoms with Crippen LogP contribution in [0, 0.1) is 5.92 Å². The molecular formula is C15H27ClN2OS. The van der Waals surface area contributed by atoms with Crippen LogP contribution in [-0.4, -0.2) is 46.5 Å². The summed E-state index contributed by atoms with van der Waals surface area (Å²) in [5.41, 5.74) is 0. The second kappa shape index (κ2) is 6.45.